The minimum Gasteiger partial charge on any atom is -0.479 e. The van der Waals surface area contributed by atoms with Crippen molar-refractivity contribution in [1.82, 2.24) is 14.9 Å². The van der Waals surface area contributed by atoms with Gasteiger partial charge in [0.1, 0.15) is 24.5 Å². The van der Waals surface area contributed by atoms with E-state index >= 15 is 0 Å². The molecule has 0 aliphatic carbocycles. The highest BCUT2D eigenvalue weighted by Gasteiger charge is 2.41. The van der Waals surface area contributed by atoms with Gasteiger partial charge in [0.25, 0.3) is 5.91 Å². The average molecular weight is 376 g/mol. The molecule has 25 heavy (non-hydrogen) atoms. The molecular formula is C15H10ClF4N3O2. The molecule has 1 aromatic heterocycles. The summed E-state index contributed by atoms with van der Waals surface area (Å²) in [4.78, 5) is 15.1. The van der Waals surface area contributed by atoms with Crippen LogP contribution in [0.25, 0.3) is 5.69 Å². The molecule has 0 unspecified atom stereocenters. The lowest BCUT2D eigenvalue weighted by atomic mass is 10.2. The zero-order valence-corrected chi connectivity index (χ0v) is 13.4. The van der Waals surface area contributed by atoms with Gasteiger partial charge in [-0.2, -0.15) is 13.2 Å². The van der Waals surface area contributed by atoms with Gasteiger partial charge in [-0.05, 0) is 6.07 Å². The van der Waals surface area contributed by atoms with E-state index in [9.17, 15) is 22.4 Å². The summed E-state index contributed by atoms with van der Waals surface area (Å²) >= 11 is 5.79. The van der Waals surface area contributed by atoms with Gasteiger partial charge >= 0.3 is 6.18 Å². The quantitative estimate of drug-likeness (QED) is 0.660. The highest BCUT2D eigenvalue weighted by atomic mass is 35.5. The Morgan fingerprint density at radius 2 is 2.16 bits per heavy atom. The Morgan fingerprint density at radius 1 is 1.48 bits per heavy atom. The maximum absolute atomic E-state index is 14.2. The zero-order valence-electron chi connectivity index (χ0n) is 12.6. The minimum atomic E-state index is -4.97. The van der Waals surface area contributed by atoms with E-state index in [-0.39, 0.29) is 17.4 Å². The van der Waals surface area contributed by atoms with Gasteiger partial charge in [0, 0.05) is 13.1 Å². The third-order valence-electron chi connectivity index (χ3n) is 3.05. The third kappa shape index (κ3) is 3.69. The van der Waals surface area contributed by atoms with E-state index in [4.69, 9.17) is 22.8 Å². The number of rotatable bonds is 4. The summed E-state index contributed by atoms with van der Waals surface area (Å²) in [6, 6.07) is 1.72. The number of imidazole rings is 1. The molecule has 0 bridgehead atoms. The van der Waals surface area contributed by atoms with Gasteiger partial charge in [0.2, 0.25) is 0 Å². The number of benzene rings is 1. The Labute approximate surface area is 144 Å². The normalized spacial score (nSPS) is 11.1. The van der Waals surface area contributed by atoms with Crippen molar-refractivity contribution in [1.29, 1.82) is 0 Å². The van der Waals surface area contributed by atoms with Gasteiger partial charge in [0.05, 0.1) is 10.7 Å². The van der Waals surface area contributed by atoms with Gasteiger partial charge in [0.15, 0.2) is 11.4 Å². The average Bonchev–Trinajstić information content (AvgIpc) is 2.98. The van der Waals surface area contributed by atoms with Crippen LogP contribution in [0.2, 0.25) is 5.02 Å². The van der Waals surface area contributed by atoms with E-state index in [0.717, 1.165) is 19.2 Å². The summed E-state index contributed by atoms with van der Waals surface area (Å²) in [5.74, 6) is -0.0897. The number of ether oxygens (including phenoxy) is 1. The largest absolute Gasteiger partial charge is 0.479 e. The Hall–Kier alpha value is -2.73. The van der Waals surface area contributed by atoms with Crippen LogP contribution in [0.4, 0.5) is 17.6 Å². The van der Waals surface area contributed by atoms with Gasteiger partial charge in [-0.15, -0.1) is 6.42 Å². The lowest BCUT2D eigenvalue weighted by molar-refractivity contribution is -0.142. The Morgan fingerprint density at radius 3 is 2.72 bits per heavy atom. The molecule has 0 radical (unpaired) electrons. The van der Waals surface area contributed by atoms with Crippen molar-refractivity contribution < 1.29 is 27.1 Å². The predicted octanol–water partition coefficient (Wildman–Crippen LogP) is 3.06. The fraction of sp³-hybridized carbons (Fsp3) is 0.200. The van der Waals surface area contributed by atoms with E-state index in [1.165, 1.54) is 0 Å². The first kappa shape index (κ1) is 18.6. The number of aromatic nitrogens is 2. The highest BCUT2D eigenvalue weighted by Crippen LogP contribution is 2.36. The molecule has 0 aliphatic rings. The number of halogens is 5. The van der Waals surface area contributed by atoms with E-state index in [2.05, 4.69) is 10.9 Å². The van der Waals surface area contributed by atoms with E-state index < -0.39 is 35.0 Å². The first-order valence-corrected chi connectivity index (χ1v) is 7.00. The maximum atomic E-state index is 14.2. The molecule has 132 valence electrons. The second-order valence-electron chi connectivity index (χ2n) is 4.62. The van der Waals surface area contributed by atoms with Gasteiger partial charge in [-0.3, -0.25) is 9.36 Å². The van der Waals surface area contributed by atoms with E-state index in [1.807, 2.05) is 5.32 Å². The Bertz CT molecular complexity index is 856. The van der Waals surface area contributed by atoms with Crippen molar-refractivity contribution in [3.8, 4) is 23.8 Å². The van der Waals surface area contributed by atoms with Crippen LogP contribution in [0.1, 0.15) is 16.2 Å². The van der Waals surface area contributed by atoms with Crippen molar-refractivity contribution in [2.24, 2.45) is 0 Å². The van der Waals surface area contributed by atoms with Crippen molar-refractivity contribution in [3.05, 3.63) is 40.7 Å². The number of hydrogen-bond donors (Lipinski definition) is 1. The van der Waals surface area contributed by atoms with Crippen LogP contribution in [0.5, 0.6) is 5.75 Å². The van der Waals surface area contributed by atoms with Crippen LogP contribution < -0.4 is 10.1 Å². The molecule has 0 spiro atoms. The molecule has 5 nitrogen and oxygen atoms in total. The number of carbonyl (C=O) groups excluding carboxylic acids is 1. The van der Waals surface area contributed by atoms with Crippen molar-refractivity contribution in [2.45, 2.75) is 6.18 Å². The molecule has 0 saturated carbocycles. The number of alkyl halides is 3. The van der Waals surface area contributed by atoms with Crippen LogP contribution >= 0.6 is 11.6 Å². The molecule has 1 N–H and O–H groups in total. The van der Waals surface area contributed by atoms with Crippen LogP contribution in [-0.2, 0) is 6.18 Å². The van der Waals surface area contributed by atoms with Crippen LogP contribution in [0, 0.1) is 18.2 Å². The molecule has 2 aromatic rings. The molecule has 0 aliphatic heterocycles. The predicted molar refractivity (Wildman–Crippen MR) is 81.3 cm³/mol. The first-order chi connectivity index (χ1) is 11.7. The molecule has 2 rings (SSSR count). The standard InChI is InChI=1S/C15H10ClF4N3O2/c1-3-4-25-11-6-10(9(17)5-8(11)16)23-7-22-12(14(24)21-2)13(23)15(18,19)20/h1,5-7H,4H2,2H3,(H,21,24). The molecule has 0 saturated heterocycles. The summed E-state index contributed by atoms with van der Waals surface area (Å²) in [5, 5.41) is 1.88. The SMILES string of the molecule is C#CCOc1cc(-n2cnc(C(=O)NC)c2C(F)(F)F)c(F)cc1Cl. The lowest BCUT2D eigenvalue weighted by Gasteiger charge is -2.15. The van der Waals surface area contributed by atoms with Gasteiger partial charge in [-0.1, -0.05) is 17.5 Å². The second-order valence-corrected chi connectivity index (χ2v) is 5.02. The first-order valence-electron chi connectivity index (χ1n) is 6.63. The number of carbonyl (C=O) groups is 1. The fourth-order valence-electron chi connectivity index (χ4n) is 2.02. The third-order valence-corrected chi connectivity index (χ3v) is 3.35. The van der Waals surface area contributed by atoms with Gasteiger partial charge in [-0.25, -0.2) is 9.37 Å². The number of nitrogens with one attached hydrogen (secondary N) is 1. The molecule has 0 fully saturated rings. The number of nitrogens with zero attached hydrogens (tertiary/aromatic N) is 2. The molecular weight excluding hydrogens is 366 g/mol. The minimum absolute atomic E-state index is 0.112. The van der Waals surface area contributed by atoms with Crippen molar-refractivity contribution >= 4 is 17.5 Å². The van der Waals surface area contributed by atoms with Gasteiger partial charge < -0.3 is 10.1 Å². The molecule has 1 amide bonds. The summed E-state index contributed by atoms with van der Waals surface area (Å²) in [6.45, 7) is -0.218. The summed E-state index contributed by atoms with van der Waals surface area (Å²) in [5.41, 5.74) is -2.88. The lowest BCUT2D eigenvalue weighted by Crippen LogP contribution is -2.24. The summed E-state index contributed by atoms with van der Waals surface area (Å²) < 4.78 is 59.9. The smallest absolute Gasteiger partial charge is 0.434 e. The molecule has 0 atom stereocenters. The number of hydrogen-bond acceptors (Lipinski definition) is 3. The monoisotopic (exact) mass is 375 g/mol. The summed E-state index contributed by atoms with van der Waals surface area (Å²) in [7, 11) is 1.15. The van der Waals surface area contributed by atoms with E-state index in [1.54, 1.807) is 0 Å². The topological polar surface area (TPSA) is 56.2 Å². The van der Waals surface area contributed by atoms with Crippen LogP contribution in [-0.4, -0.2) is 29.1 Å². The summed E-state index contributed by atoms with van der Waals surface area (Å²) in [6.07, 6.45) is 0.755. The molecule has 1 aromatic carbocycles. The Kier molecular flexibility index (Phi) is 5.23. The van der Waals surface area contributed by atoms with Crippen molar-refractivity contribution in [3.63, 3.8) is 0 Å². The number of terminal acetylenes is 1. The van der Waals surface area contributed by atoms with E-state index in [0.29, 0.717) is 10.9 Å². The van der Waals surface area contributed by atoms with Crippen LogP contribution in [0.15, 0.2) is 18.5 Å². The Balaban J connectivity index is 2.68. The highest BCUT2D eigenvalue weighted by molar-refractivity contribution is 6.32. The molecule has 10 heteroatoms. The second kappa shape index (κ2) is 7.03. The number of amides is 1. The zero-order chi connectivity index (χ0) is 18.8. The molecule has 1 heterocycles. The fourth-order valence-corrected chi connectivity index (χ4v) is 2.22. The van der Waals surface area contributed by atoms with Crippen molar-refractivity contribution in [2.75, 3.05) is 13.7 Å². The van der Waals surface area contributed by atoms with Crippen LogP contribution in [0.3, 0.4) is 0 Å². The maximum Gasteiger partial charge on any atom is 0.434 e.